The number of hydrogen-bond acceptors (Lipinski definition) is 4. The van der Waals surface area contributed by atoms with Crippen molar-refractivity contribution in [1.29, 1.82) is 0 Å². The number of hydrogen-bond donors (Lipinski definition) is 2. The van der Waals surface area contributed by atoms with E-state index in [4.69, 9.17) is 11.6 Å². The lowest BCUT2D eigenvalue weighted by Gasteiger charge is -2.34. The molecule has 0 aliphatic carbocycles. The number of nitrogens with zero attached hydrogens (tertiary/aromatic N) is 2. The summed E-state index contributed by atoms with van der Waals surface area (Å²) in [5.41, 5.74) is 0.895. The van der Waals surface area contributed by atoms with Crippen LogP contribution in [0.4, 0.5) is 5.82 Å². The number of aliphatic hydroxyl groups excluding tert-OH is 1. The Morgan fingerprint density at radius 2 is 2.33 bits per heavy atom. The highest BCUT2D eigenvalue weighted by molar-refractivity contribution is 6.31. The third-order valence-electron chi connectivity index (χ3n) is 3.49. The molecule has 2 N–H and O–H groups in total. The van der Waals surface area contributed by atoms with E-state index in [9.17, 15) is 5.11 Å². The Balaban J connectivity index is 2.05. The van der Waals surface area contributed by atoms with Gasteiger partial charge < -0.3 is 10.4 Å². The van der Waals surface area contributed by atoms with Crippen LogP contribution in [-0.4, -0.2) is 41.2 Å². The standard InChI is InChI=1S/C13H20ClN3O/c1-9-7-17(6-5-12(9)18)8-11-10(14)3-4-13(15-2)16-11/h3-4,9,12,18H,5-8H2,1-2H3,(H,15,16). The topological polar surface area (TPSA) is 48.4 Å². The van der Waals surface area contributed by atoms with E-state index in [0.29, 0.717) is 10.9 Å². The molecule has 0 aromatic carbocycles. The van der Waals surface area contributed by atoms with E-state index in [0.717, 1.165) is 37.6 Å². The summed E-state index contributed by atoms with van der Waals surface area (Å²) in [6.45, 7) is 4.61. The number of halogens is 1. The van der Waals surface area contributed by atoms with E-state index in [-0.39, 0.29) is 6.10 Å². The van der Waals surface area contributed by atoms with Crippen LogP contribution in [0.25, 0.3) is 0 Å². The molecular weight excluding hydrogens is 250 g/mol. The van der Waals surface area contributed by atoms with Gasteiger partial charge in [-0.2, -0.15) is 0 Å². The average Bonchev–Trinajstić information content (AvgIpc) is 2.36. The molecule has 1 aromatic rings. The Morgan fingerprint density at radius 3 is 3.00 bits per heavy atom. The van der Waals surface area contributed by atoms with Crippen LogP contribution in [0.2, 0.25) is 5.02 Å². The molecular formula is C13H20ClN3O. The van der Waals surface area contributed by atoms with Crippen LogP contribution in [0.15, 0.2) is 12.1 Å². The normalized spacial score (nSPS) is 25.1. The lowest BCUT2D eigenvalue weighted by molar-refractivity contribution is 0.0316. The molecule has 2 unspecified atom stereocenters. The van der Waals surface area contributed by atoms with Crippen molar-refractivity contribution in [3.63, 3.8) is 0 Å². The molecule has 0 bridgehead atoms. The summed E-state index contributed by atoms with van der Waals surface area (Å²) < 4.78 is 0. The maximum absolute atomic E-state index is 9.72. The Labute approximate surface area is 113 Å². The first-order chi connectivity index (χ1) is 8.60. The Hall–Kier alpha value is -0.840. The lowest BCUT2D eigenvalue weighted by atomic mass is 9.97. The molecule has 1 aromatic heterocycles. The molecule has 0 amide bonds. The predicted octanol–water partition coefficient (Wildman–Crippen LogP) is 1.98. The van der Waals surface area contributed by atoms with Gasteiger partial charge in [0.25, 0.3) is 0 Å². The van der Waals surface area contributed by atoms with Gasteiger partial charge in [0.05, 0.1) is 16.8 Å². The summed E-state index contributed by atoms with van der Waals surface area (Å²) in [5, 5.41) is 13.4. The van der Waals surface area contributed by atoms with Crippen LogP contribution in [0, 0.1) is 5.92 Å². The van der Waals surface area contributed by atoms with Crippen molar-refractivity contribution in [3.8, 4) is 0 Å². The van der Waals surface area contributed by atoms with Gasteiger partial charge in [0.15, 0.2) is 0 Å². The third kappa shape index (κ3) is 3.13. The van der Waals surface area contributed by atoms with Gasteiger partial charge in [-0.1, -0.05) is 18.5 Å². The number of piperidine rings is 1. The summed E-state index contributed by atoms with van der Waals surface area (Å²) in [6, 6.07) is 3.74. The van der Waals surface area contributed by atoms with E-state index in [1.807, 2.05) is 19.2 Å². The van der Waals surface area contributed by atoms with Crippen LogP contribution < -0.4 is 5.32 Å². The highest BCUT2D eigenvalue weighted by Crippen LogP contribution is 2.22. The molecule has 100 valence electrons. The largest absolute Gasteiger partial charge is 0.393 e. The number of anilines is 1. The fourth-order valence-corrected chi connectivity index (χ4v) is 2.47. The zero-order chi connectivity index (χ0) is 13.1. The molecule has 1 aliphatic heterocycles. The minimum atomic E-state index is -0.173. The number of aromatic nitrogens is 1. The van der Waals surface area contributed by atoms with Crippen LogP contribution in [0.3, 0.4) is 0 Å². The molecule has 0 radical (unpaired) electrons. The summed E-state index contributed by atoms with van der Waals surface area (Å²) in [6.07, 6.45) is 0.651. The summed E-state index contributed by atoms with van der Waals surface area (Å²) in [5.74, 6) is 1.14. The Kier molecular flexibility index (Phi) is 4.43. The van der Waals surface area contributed by atoms with Crippen molar-refractivity contribution >= 4 is 17.4 Å². The van der Waals surface area contributed by atoms with E-state index in [1.54, 1.807) is 0 Å². The van der Waals surface area contributed by atoms with Crippen molar-refractivity contribution in [2.45, 2.75) is 26.0 Å². The van der Waals surface area contributed by atoms with Crippen molar-refractivity contribution in [2.24, 2.45) is 5.92 Å². The van der Waals surface area contributed by atoms with Gasteiger partial charge in [0.2, 0.25) is 0 Å². The molecule has 0 spiro atoms. The second-order valence-corrected chi connectivity index (χ2v) is 5.35. The minimum absolute atomic E-state index is 0.173. The maximum atomic E-state index is 9.72. The van der Waals surface area contributed by atoms with Gasteiger partial charge in [-0.25, -0.2) is 4.98 Å². The number of likely N-dealkylation sites (tertiary alicyclic amines) is 1. The zero-order valence-electron chi connectivity index (χ0n) is 10.9. The van der Waals surface area contributed by atoms with Crippen molar-refractivity contribution in [2.75, 3.05) is 25.5 Å². The van der Waals surface area contributed by atoms with Gasteiger partial charge >= 0.3 is 0 Å². The Bertz CT molecular complexity index is 413. The monoisotopic (exact) mass is 269 g/mol. The first kappa shape index (κ1) is 13.6. The first-order valence-corrected chi connectivity index (χ1v) is 6.71. The predicted molar refractivity (Wildman–Crippen MR) is 73.9 cm³/mol. The highest BCUT2D eigenvalue weighted by Gasteiger charge is 2.24. The van der Waals surface area contributed by atoms with E-state index in [2.05, 4.69) is 22.1 Å². The van der Waals surface area contributed by atoms with Crippen LogP contribution in [-0.2, 0) is 6.54 Å². The molecule has 0 saturated carbocycles. The quantitative estimate of drug-likeness (QED) is 0.881. The van der Waals surface area contributed by atoms with Crippen molar-refractivity contribution in [1.82, 2.24) is 9.88 Å². The smallest absolute Gasteiger partial charge is 0.126 e. The van der Waals surface area contributed by atoms with Gasteiger partial charge in [0.1, 0.15) is 5.82 Å². The third-order valence-corrected chi connectivity index (χ3v) is 3.84. The van der Waals surface area contributed by atoms with Crippen LogP contribution in [0.5, 0.6) is 0 Å². The number of nitrogens with one attached hydrogen (secondary N) is 1. The SMILES string of the molecule is CNc1ccc(Cl)c(CN2CCC(O)C(C)C2)n1. The van der Waals surface area contributed by atoms with E-state index >= 15 is 0 Å². The fourth-order valence-electron chi connectivity index (χ4n) is 2.31. The number of pyridine rings is 1. The van der Waals surface area contributed by atoms with Crippen molar-refractivity contribution in [3.05, 3.63) is 22.8 Å². The second-order valence-electron chi connectivity index (χ2n) is 4.94. The summed E-state index contributed by atoms with van der Waals surface area (Å²) in [7, 11) is 1.85. The van der Waals surface area contributed by atoms with Gasteiger partial charge in [-0.05, 0) is 24.5 Å². The van der Waals surface area contributed by atoms with Crippen LogP contribution in [0.1, 0.15) is 19.0 Å². The van der Waals surface area contributed by atoms with Gasteiger partial charge in [-0.3, -0.25) is 4.90 Å². The zero-order valence-corrected chi connectivity index (χ0v) is 11.6. The molecule has 1 aliphatic rings. The molecule has 18 heavy (non-hydrogen) atoms. The number of aliphatic hydroxyl groups is 1. The van der Waals surface area contributed by atoms with E-state index in [1.165, 1.54) is 0 Å². The van der Waals surface area contributed by atoms with Crippen molar-refractivity contribution < 1.29 is 5.11 Å². The van der Waals surface area contributed by atoms with Gasteiger partial charge in [0, 0.05) is 26.7 Å². The molecule has 2 rings (SSSR count). The summed E-state index contributed by atoms with van der Waals surface area (Å²) >= 11 is 6.17. The first-order valence-electron chi connectivity index (χ1n) is 6.33. The molecule has 2 heterocycles. The molecule has 5 heteroatoms. The van der Waals surface area contributed by atoms with Crippen LogP contribution >= 0.6 is 11.6 Å². The molecule has 2 atom stereocenters. The second kappa shape index (κ2) is 5.87. The Morgan fingerprint density at radius 1 is 1.56 bits per heavy atom. The highest BCUT2D eigenvalue weighted by atomic mass is 35.5. The van der Waals surface area contributed by atoms with E-state index < -0.39 is 0 Å². The maximum Gasteiger partial charge on any atom is 0.126 e. The number of rotatable bonds is 3. The minimum Gasteiger partial charge on any atom is -0.393 e. The summed E-state index contributed by atoms with van der Waals surface area (Å²) in [4.78, 5) is 6.78. The molecule has 1 fully saturated rings. The average molecular weight is 270 g/mol. The lowest BCUT2D eigenvalue weighted by Crippen LogP contribution is -2.41. The molecule has 4 nitrogen and oxygen atoms in total. The molecule has 1 saturated heterocycles. The van der Waals surface area contributed by atoms with Gasteiger partial charge in [-0.15, -0.1) is 0 Å². The fraction of sp³-hybridized carbons (Fsp3) is 0.615.